The SMILES string of the molecule is CSCC(CCO)NC1CCC(c2ccccc2)CC1. The Morgan fingerprint density at radius 2 is 1.90 bits per heavy atom. The Morgan fingerprint density at radius 1 is 1.20 bits per heavy atom. The summed E-state index contributed by atoms with van der Waals surface area (Å²) >= 11 is 1.86. The second-order valence-electron chi connectivity index (χ2n) is 5.79. The lowest BCUT2D eigenvalue weighted by atomic mass is 9.81. The monoisotopic (exact) mass is 293 g/mol. The Kier molecular flexibility index (Phi) is 6.91. The lowest BCUT2D eigenvalue weighted by molar-refractivity contribution is 0.251. The first-order valence-electron chi connectivity index (χ1n) is 7.74. The molecule has 0 radical (unpaired) electrons. The minimum absolute atomic E-state index is 0.289. The molecule has 1 unspecified atom stereocenters. The van der Waals surface area contributed by atoms with Crippen LogP contribution in [0.15, 0.2) is 30.3 Å². The summed E-state index contributed by atoms with van der Waals surface area (Å²) in [6, 6.07) is 12.0. The van der Waals surface area contributed by atoms with Gasteiger partial charge in [-0.15, -0.1) is 0 Å². The van der Waals surface area contributed by atoms with E-state index in [0.29, 0.717) is 12.1 Å². The van der Waals surface area contributed by atoms with E-state index in [1.54, 1.807) is 0 Å². The fourth-order valence-electron chi connectivity index (χ4n) is 3.22. The highest BCUT2D eigenvalue weighted by atomic mass is 32.2. The van der Waals surface area contributed by atoms with Gasteiger partial charge in [0.25, 0.3) is 0 Å². The number of rotatable bonds is 7. The minimum Gasteiger partial charge on any atom is -0.396 e. The first kappa shape index (κ1) is 15.9. The Morgan fingerprint density at radius 3 is 2.50 bits per heavy atom. The van der Waals surface area contributed by atoms with Gasteiger partial charge in [0.05, 0.1) is 0 Å². The molecular weight excluding hydrogens is 266 g/mol. The van der Waals surface area contributed by atoms with E-state index in [4.69, 9.17) is 5.11 Å². The number of aliphatic hydroxyl groups is 1. The summed E-state index contributed by atoms with van der Waals surface area (Å²) in [5.41, 5.74) is 1.50. The van der Waals surface area contributed by atoms with Crippen molar-refractivity contribution in [3.8, 4) is 0 Å². The zero-order valence-corrected chi connectivity index (χ0v) is 13.2. The van der Waals surface area contributed by atoms with Crippen LogP contribution < -0.4 is 5.32 Å². The predicted octanol–water partition coefficient (Wildman–Crippen LogP) is 3.42. The average molecular weight is 293 g/mol. The van der Waals surface area contributed by atoms with Crippen LogP contribution in [0.1, 0.15) is 43.6 Å². The summed E-state index contributed by atoms with van der Waals surface area (Å²) in [6.07, 6.45) is 8.10. The number of hydrogen-bond acceptors (Lipinski definition) is 3. The Labute approximate surface area is 127 Å². The fourth-order valence-corrected chi connectivity index (χ4v) is 3.89. The molecule has 0 heterocycles. The molecule has 2 nitrogen and oxygen atoms in total. The summed E-state index contributed by atoms with van der Waals surface area (Å²) in [5.74, 6) is 1.84. The molecule has 0 spiro atoms. The molecule has 1 aromatic rings. The summed E-state index contributed by atoms with van der Waals surface area (Å²) in [6.45, 7) is 0.289. The zero-order chi connectivity index (χ0) is 14.2. The Balaban J connectivity index is 1.79. The van der Waals surface area contributed by atoms with E-state index in [1.807, 2.05) is 11.8 Å². The van der Waals surface area contributed by atoms with Gasteiger partial charge in [-0.1, -0.05) is 30.3 Å². The molecule has 1 atom stereocenters. The Hall–Kier alpha value is -0.510. The second kappa shape index (κ2) is 8.71. The lowest BCUT2D eigenvalue weighted by Gasteiger charge is -2.32. The van der Waals surface area contributed by atoms with Gasteiger partial charge in [0, 0.05) is 24.4 Å². The highest BCUT2D eigenvalue weighted by Crippen LogP contribution is 2.32. The molecular formula is C17H27NOS. The van der Waals surface area contributed by atoms with Gasteiger partial charge in [-0.3, -0.25) is 0 Å². The van der Waals surface area contributed by atoms with E-state index in [2.05, 4.69) is 41.9 Å². The van der Waals surface area contributed by atoms with Gasteiger partial charge in [0.15, 0.2) is 0 Å². The van der Waals surface area contributed by atoms with Crippen molar-refractivity contribution in [1.82, 2.24) is 5.32 Å². The first-order valence-corrected chi connectivity index (χ1v) is 9.13. The maximum absolute atomic E-state index is 9.13. The van der Waals surface area contributed by atoms with Gasteiger partial charge in [-0.25, -0.2) is 0 Å². The fraction of sp³-hybridized carbons (Fsp3) is 0.647. The van der Waals surface area contributed by atoms with E-state index in [-0.39, 0.29) is 6.61 Å². The lowest BCUT2D eigenvalue weighted by Crippen LogP contribution is -2.42. The van der Waals surface area contributed by atoms with Crippen LogP contribution in [0.4, 0.5) is 0 Å². The Bertz CT molecular complexity index is 357. The topological polar surface area (TPSA) is 32.3 Å². The van der Waals surface area contributed by atoms with E-state index < -0.39 is 0 Å². The smallest absolute Gasteiger partial charge is 0.0446 e. The number of aliphatic hydroxyl groups excluding tert-OH is 1. The van der Waals surface area contributed by atoms with Gasteiger partial charge in [-0.2, -0.15) is 11.8 Å². The van der Waals surface area contributed by atoms with Crippen LogP contribution in [-0.2, 0) is 0 Å². The molecule has 0 aliphatic heterocycles. The molecule has 1 fully saturated rings. The summed E-state index contributed by atoms with van der Waals surface area (Å²) in [4.78, 5) is 0. The second-order valence-corrected chi connectivity index (χ2v) is 6.70. The van der Waals surface area contributed by atoms with Gasteiger partial charge in [0.2, 0.25) is 0 Å². The van der Waals surface area contributed by atoms with Crippen LogP contribution in [0.3, 0.4) is 0 Å². The predicted molar refractivity (Wildman–Crippen MR) is 88.4 cm³/mol. The molecule has 1 saturated carbocycles. The maximum atomic E-state index is 9.13. The third-order valence-corrected chi connectivity index (χ3v) is 5.05. The quantitative estimate of drug-likeness (QED) is 0.808. The van der Waals surface area contributed by atoms with Crippen LogP contribution in [0.5, 0.6) is 0 Å². The minimum atomic E-state index is 0.289. The third-order valence-electron chi connectivity index (χ3n) is 4.31. The third kappa shape index (κ3) is 4.80. The average Bonchev–Trinajstić information content (AvgIpc) is 2.49. The highest BCUT2D eigenvalue weighted by Gasteiger charge is 2.23. The van der Waals surface area contributed by atoms with Crippen LogP contribution >= 0.6 is 11.8 Å². The molecule has 1 aromatic carbocycles. The van der Waals surface area contributed by atoms with Crippen molar-refractivity contribution in [2.45, 2.75) is 50.1 Å². The van der Waals surface area contributed by atoms with Gasteiger partial charge >= 0.3 is 0 Å². The zero-order valence-electron chi connectivity index (χ0n) is 12.4. The molecule has 1 aliphatic rings. The first-order chi connectivity index (χ1) is 9.83. The van der Waals surface area contributed by atoms with Crippen molar-refractivity contribution < 1.29 is 5.11 Å². The molecule has 0 amide bonds. The van der Waals surface area contributed by atoms with Crippen molar-refractivity contribution in [2.75, 3.05) is 18.6 Å². The van der Waals surface area contributed by atoms with Gasteiger partial charge < -0.3 is 10.4 Å². The molecule has 0 saturated heterocycles. The number of nitrogens with one attached hydrogen (secondary N) is 1. The molecule has 3 heteroatoms. The van der Waals surface area contributed by atoms with Gasteiger partial charge in [0.1, 0.15) is 0 Å². The van der Waals surface area contributed by atoms with Crippen molar-refractivity contribution in [3.63, 3.8) is 0 Å². The van der Waals surface area contributed by atoms with Crippen LogP contribution in [0.2, 0.25) is 0 Å². The molecule has 2 N–H and O–H groups in total. The van der Waals surface area contributed by atoms with Crippen molar-refractivity contribution in [2.24, 2.45) is 0 Å². The molecule has 20 heavy (non-hydrogen) atoms. The van der Waals surface area contributed by atoms with Crippen molar-refractivity contribution in [3.05, 3.63) is 35.9 Å². The standard InChI is InChI=1S/C17H27NOS/c1-20-13-17(11-12-19)18-16-9-7-15(8-10-16)14-5-3-2-4-6-14/h2-6,15-19H,7-13H2,1H3. The summed E-state index contributed by atoms with van der Waals surface area (Å²) < 4.78 is 0. The van der Waals surface area contributed by atoms with E-state index in [0.717, 1.165) is 18.1 Å². The number of thioether (sulfide) groups is 1. The number of benzene rings is 1. The molecule has 0 aromatic heterocycles. The normalized spacial score (nSPS) is 24.5. The molecule has 2 rings (SSSR count). The van der Waals surface area contributed by atoms with Crippen molar-refractivity contribution >= 4 is 11.8 Å². The van der Waals surface area contributed by atoms with Crippen molar-refractivity contribution in [1.29, 1.82) is 0 Å². The largest absolute Gasteiger partial charge is 0.396 e. The molecule has 0 bridgehead atoms. The summed E-state index contributed by atoms with van der Waals surface area (Å²) in [5, 5.41) is 12.9. The van der Waals surface area contributed by atoms with E-state index >= 15 is 0 Å². The van der Waals surface area contributed by atoms with Crippen LogP contribution in [0.25, 0.3) is 0 Å². The maximum Gasteiger partial charge on any atom is 0.0446 e. The molecule has 1 aliphatic carbocycles. The van der Waals surface area contributed by atoms with E-state index in [9.17, 15) is 0 Å². The van der Waals surface area contributed by atoms with Gasteiger partial charge in [-0.05, 0) is 49.8 Å². The van der Waals surface area contributed by atoms with Crippen LogP contribution in [-0.4, -0.2) is 35.8 Å². The molecule has 112 valence electrons. The van der Waals surface area contributed by atoms with E-state index in [1.165, 1.54) is 31.2 Å². The summed E-state index contributed by atoms with van der Waals surface area (Å²) in [7, 11) is 0. The van der Waals surface area contributed by atoms with Crippen LogP contribution in [0, 0.1) is 0 Å². The number of hydrogen-bond donors (Lipinski definition) is 2. The highest BCUT2D eigenvalue weighted by molar-refractivity contribution is 7.98.